The van der Waals surface area contributed by atoms with Crippen molar-refractivity contribution in [1.82, 2.24) is 0 Å². The number of Topliss-reactive ketones (excluding diaryl/α,β-unsaturated/α-hetero) is 1. The molecule has 2 aromatic rings. The molecule has 0 saturated heterocycles. The van der Waals surface area contributed by atoms with Gasteiger partial charge >= 0.3 is 15.6 Å². The molecule has 0 amide bonds. The summed E-state index contributed by atoms with van der Waals surface area (Å²) in [5.74, 6) is -0.382. The Labute approximate surface area is 149 Å². The summed E-state index contributed by atoms with van der Waals surface area (Å²) in [5, 5.41) is 0. The van der Waals surface area contributed by atoms with Crippen LogP contribution in [-0.2, 0) is 16.5 Å². The number of benzene rings is 2. The minimum atomic E-state index is -5.73. The van der Waals surface area contributed by atoms with Gasteiger partial charge in [-0.1, -0.05) is 38.1 Å². The molecule has 0 aliphatic carbocycles. The second kappa shape index (κ2) is 7.49. The fourth-order valence-corrected chi connectivity index (χ4v) is 2.64. The molecule has 4 nitrogen and oxygen atoms in total. The summed E-state index contributed by atoms with van der Waals surface area (Å²) in [5.41, 5.74) is -3.31. The van der Waals surface area contributed by atoms with E-state index in [0.717, 1.165) is 23.3 Å². The highest BCUT2D eigenvalue weighted by Gasteiger charge is 2.48. The van der Waals surface area contributed by atoms with Crippen molar-refractivity contribution in [3.8, 4) is 5.75 Å². The predicted molar refractivity (Wildman–Crippen MR) is 90.6 cm³/mol. The van der Waals surface area contributed by atoms with E-state index in [-0.39, 0.29) is 17.8 Å². The quantitative estimate of drug-likeness (QED) is 0.418. The summed E-state index contributed by atoms with van der Waals surface area (Å²) in [4.78, 5) is 12.2. The lowest BCUT2D eigenvalue weighted by atomic mass is 9.98. The van der Waals surface area contributed by atoms with Gasteiger partial charge in [0.05, 0.1) is 0 Å². The van der Waals surface area contributed by atoms with Gasteiger partial charge in [0.15, 0.2) is 5.78 Å². The second-order valence-corrected chi connectivity index (χ2v) is 7.54. The Bertz CT molecular complexity index is 868. The average Bonchev–Trinajstić information content (AvgIpc) is 2.54. The molecule has 0 radical (unpaired) electrons. The van der Waals surface area contributed by atoms with Gasteiger partial charge in [-0.25, -0.2) is 0 Å². The van der Waals surface area contributed by atoms with Crippen molar-refractivity contribution >= 4 is 15.9 Å². The highest BCUT2D eigenvalue weighted by Crippen LogP contribution is 2.27. The third-order valence-electron chi connectivity index (χ3n) is 3.68. The van der Waals surface area contributed by atoms with Gasteiger partial charge in [-0.3, -0.25) is 4.79 Å². The lowest BCUT2D eigenvalue weighted by Crippen LogP contribution is -2.28. The van der Waals surface area contributed by atoms with Crippen LogP contribution in [0.25, 0.3) is 0 Å². The molecule has 0 aliphatic heterocycles. The smallest absolute Gasteiger partial charge is 0.376 e. The highest BCUT2D eigenvalue weighted by atomic mass is 32.2. The zero-order chi connectivity index (χ0) is 19.5. The molecule has 0 aromatic heterocycles. The molecule has 2 aromatic carbocycles. The first-order chi connectivity index (χ1) is 12.0. The van der Waals surface area contributed by atoms with Crippen molar-refractivity contribution < 1.29 is 30.6 Å². The summed E-state index contributed by atoms with van der Waals surface area (Å²) in [6, 6.07) is 12.1. The van der Waals surface area contributed by atoms with Crippen LogP contribution in [0.1, 0.15) is 41.3 Å². The average molecular weight is 386 g/mol. The van der Waals surface area contributed by atoms with E-state index < -0.39 is 21.4 Å². The topological polar surface area (TPSA) is 60.4 Å². The first kappa shape index (κ1) is 20.0. The molecule has 140 valence electrons. The lowest BCUT2D eigenvalue weighted by molar-refractivity contribution is -0.0500. The Morgan fingerprint density at radius 2 is 1.54 bits per heavy atom. The molecule has 26 heavy (non-hydrogen) atoms. The normalized spacial score (nSPS) is 12.2. The van der Waals surface area contributed by atoms with Gasteiger partial charge in [0, 0.05) is 12.0 Å². The van der Waals surface area contributed by atoms with Crippen molar-refractivity contribution in [2.24, 2.45) is 0 Å². The van der Waals surface area contributed by atoms with Gasteiger partial charge in [0.1, 0.15) is 5.75 Å². The molecule has 0 aliphatic rings. The van der Waals surface area contributed by atoms with Crippen LogP contribution in [0.4, 0.5) is 13.2 Å². The van der Waals surface area contributed by atoms with E-state index in [0.29, 0.717) is 5.92 Å². The molecule has 8 heteroatoms. The number of carbonyl (C=O) groups is 1. The summed E-state index contributed by atoms with van der Waals surface area (Å²) < 4.78 is 62.7. The molecule has 0 atom stereocenters. The summed E-state index contributed by atoms with van der Waals surface area (Å²) in [6.07, 6.45) is 0.124. The number of rotatable bonds is 6. The number of ketones is 1. The highest BCUT2D eigenvalue weighted by molar-refractivity contribution is 7.88. The molecule has 0 heterocycles. The van der Waals surface area contributed by atoms with Crippen LogP contribution in [0.3, 0.4) is 0 Å². The molecule has 0 bridgehead atoms. The van der Waals surface area contributed by atoms with E-state index >= 15 is 0 Å². The number of alkyl halides is 3. The lowest BCUT2D eigenvalue weighted by Gasteiger charge is -2.10. The van der Waals surface area contributed by atoms with Crippen LogP contribution in [0.15, 0.2) is 48.5 Å². The fraction of sp³-hybridized carbons (Fsp3) is 0.278. The van der Waals surface area contributed by atoms with Crippen molar-refractivity contribution in [2.45, 2.75) is 31.7 Å². The second-order valence-electron chi connectivity index (χ2n) is 6.00. The van der Waals surface area contributed by atoms with Crippen LogP contribution in [0.5, 0.6) is 5.75 Å². The van der Waals surface area contributed by atoms with Crippen molar-refractivity contribution in [1.29, 1.82) is 0 Å². The van der Waals surface area contributed by atoms with Crippen LogP contribution >= 0.6 is 0 Å². The number of hydrogen-bond donors (Lipinski definition) is 0. The van der Waals surface area contributed by atoms with Crippen molar-refractivity contribution in [3.05, 3.63) is 65.2 Å². The van der Waals surface area contributed by atoms with Gasteiger partial charge in [-0.15, -0.1) is 0 Å². The van der Waals surface area contributed by atoms with Crippen molar-refractivity contribution in [2.75, 3.05) is 0 Å². The van der Waals surface area contributed by atoms with Crippen LogP contribution in [-0.4, -0.2) is 19.7 Å². The van der Waals surface area contributed by atoms with E-state index in [9.17, 15) is 26.4 Å². The fourth-order valence-electron chi connectivity index (χ4n) is 2.18. The van der Waals surface area contributed by atoms with Crippen molar-refractivity contribution in [3.63, 3.8) is 0 Å². The molecular weight excluding hydrogens is 369 g/mol. The molecule has 0 spiro atoms. The van der Waals surface area contributed by atoms with Crippen LogP contribution in [0, 0.1) is 0 Å². The van der Waals surface area contributed by atoms with E-state index in [4.69, 9.17) is 0 Å². The standard InChI is InChI=1S/C18H17F3O4S/c1-12(2)14-5-3-13(4-6-14)11-17(22)15-7-9-16(10-8-15)25-26(23,24)18(19,20)21/h3-10,12H,11H2,1-2H3. The summed E-state index contributed by atoms with van der Waals surface area (Å²) in [6.45, 7) is 4.12. The van der Waals surface area contributed by atoms with E-state index in [1.54, 1.807) is 0 Å². The Morgan fingerprint density at radius 1 is 1.00 bits per heavy atom. The first-order valence-electron chi connectivity index (χ1n) is 7.72. The van der Waals surface area contributed by atoms with Gasteiger partial charge in [-0.05, 0) is 41.3 Å². The Morgan fingerprint density at radius 3 is 2.00 bits per heavy atom. The third-order valence-corrected chi connectivity index (χ3v) is 4.66. The maximum Gasteiger partial charge on any atom is 0.534 e. The molecule has 2 rings (SSSR count). The summed E-state index contributed by atoms with van der Waals surface area (Å²) in [7, 11) is -5.73. The minimum Gasteiger partial charge on any atom is -0.376 e. The monoisotopic (exact) mass is 386 g/mol. The van der Waals surface area contributed by atoms with Gasteiger partial charge in [-0.2, -0.15) is 21.6 Å². The third kappa shape index (κ3) is 4.85. The number of halogens is 3. The molecule has 0 saturated carbocycles. The Balaban J connectivity index is 2.07. The molecular formula is C18H17F3O4S. The van der Waals surface area contributed by atoms with E-state index in [2.05, 4.69) is 18.0 Å². The zero-order valence-corrected chi connectivity index (χ0v) is 14.9. The minimum absolute atomic E-state index is 0.124. The van der Waals surface area contributed by atoms with Crippen LogP contribution in [0.2, 0.25) is 0 Å². The maximum absolute atomic E-state index is 12.3. The SMILES string of the molecule is CC(C)c1ccc(CC(=O)c2ccc(OS(=O)(=O)C(F)(F)F)cc2)cc1. The number of carbonyl (C=O) groups excluding carboxylic acids is 1. The first-order valence-corrected chi connectivity index (χ1v) is 9.13. The van der Waals surface area contributed by atoms with E-state index in [1.165, 1.54) is 12.1 Å². The largest absolute Gasteiger partial charge is 0.534 e. The van der Waals surface area contributed by atoms with Gasteiger partial charge in [0.2, 0.25) is 0 Å². The predicted octanol–water partition coefficient (Wildman–Crippen LogP) is 4.46. The Kier molecular flexibility index (Phi) is 5.75. The molecule has 0 N–H and O–H groups in total. The molecule has 0 fully saturated rings. The van der Waals surface area contributed by atoms with Gasteiger partial charge in [0.25, 0.3) is 0 Å². The zero-order valence-electron chi connectivity index (χ0n) is 14.1. The number of hydrogen-bond acceptors (Lipinski definition) is 4. The maximum atomic E-state index is 12.3. The molecule has 0 unspecified atom stereocenters. The van der Waals surface area contributed by atoms with Crippen LogP contribution < -0.4 is 4.18 Å². The van der Waals surface area contributed by atoms with Gasteiger partial charge < -0.3 is 4.18 Å². The van der Waals surface area contributed by atoms with E-state index in [1.807, 2.05) is 24.3 Å². The Hall–Kier alpha value is -2.35. The summed E-state index contributed by atoms with van der Waals surface area (Å²) >= 11 is 0.